The lowest BCUT2D eigenvalue weighted by atomic mass is 10.2. The SMILES string of the molecule is CC.CC(=O)Nc1ccc2c(c1)OCc1cc(-c3ccc(N4CCCC4)nc3)nn1C2. The first-order chi connectivity index (χ1) is 15.2. The number of nitrogens with one attached hydrogen (secondary N) is 1. The molecule has 1 saturated heterocycles. The van der Waals surface area contributed by atoms with Gasteiger partial charge in [-0.15, -0.1) is 0 Å². The summed E-state index contributed by atoms with van der Waals surface area (Å²) >= 11 is 0. The van der Waals surface area contributed by atoms with Crippen LogP contribution in [0.2, 0.25) is 0 Å². The highest BCUT2D eigenvalue weighted by Gasteiger charge is 2.18. The van der Waals surface area contributed by atoms with Gasteiger partial charge in [0.1, 0.15) is 18.2 Å². The average molecular weight is 420 g/mol. The summed E-state index contributed by atoms with van der Waals surface area (Å²) in [6, 6.07) is 12.0. The van der Waals surface area contributed by atoms with E-state index in [1.54, 1.807) is 0 Å². The van der Waals surface area contributed by atoms with Crippen LogP contribution in [-0.2, 0) is 17.9 Å². The Hall–Kier alpha value is -3.35. The maximum absolute atomic E-state index is 11.3. The molecule has 0 unspecified atom stereocenters. The van der Waals surface area contributed by atoms with Gasteiger partial charge in [-0.1, -0.05) is 19.9 Å². The topological polar surface area (TPSA) is 72.3 Å². The number of rotatable bonds is 3. The second-order valence-electron chi connectivity index (χ2n) is 7.57. The van der Waals surface area contributed by atoms with Crippen molar-refractivity contribution in [3.63, 3.8) is 0 Å². The van der Waals surface area contributed by atoms with Gasteiger partial charge in [-0.25, -0.2) is 4.98 Å². The van der Waals surface area contributed by atoms with Crippen LogP contribution in [-0.4, -0.2) is 33.8 Å². The third-order valence-electron chi connectivity index (χ3n) is 5.42. The molecule has 0 atom stereocenters. The first-order valence-corrected chi connectivity index (χ1v) is 11.0. The predicted molar refractivity (Wildman–Crippen MR) is 122 cm³/mol. The standard InChI is InChI=1S/C22H23N5O2.C2H6/c1-15(28)24-18-6-4-17-13-27-19(14-29-21(17)10-18)11-20(25-27)16-5-7-22(23-12-16)26-8-2-3-9-26;1-2/h4-7,10-12H,2-3,8-9,13-14H2,1H3,(H,24,28);1-2H3. The molecule has 1 N–H and O–H groups in total. The number of pyridine rings is 1. The van der Waals surface area contributed by atoms with Crippen LogP contribution in [0.5, 0.6) is 5.75 Å². The monoisotopic (exact) mass is 419 g/mol. The van der Waals surface area contributed by atoms with Crippen molar-refractivity contribution in [3.8, 4) is 17.0 Å². The van der Waals surface area contributed by atoms with Crippen LogP contribution in [0.3, 0.4) is 0 Å². The first kappa shape index (κ1) is 20.9. The van der Waals surface area contributed by atoms with Crippen LogP contribution in [0, 0.1) is 0 Å². The predicted octanol–water partition coefficient (Wildman–Crippen LogP) is 4.47. The van der Waals surface area contributed by atoms with Crippen LogP contribution in [0.4, 0.5) is 11.5 Å². The summed E-state index contributed by atoms with van der Waals surface area (Å²) in [4.78, 5) is 18.2. The van der Waals surface area contributed by atoms with Crippen molar-refractivity contribution in [2.24, 2.45) is 0 Å². The van der Waals surface area contributed by atoms with Crippen molar-refractivity contribution in [3.05, 3.63) is 53.9 Å². The summed E-state index contributed by atoms with van der Waals surface area (Å²) in [6.07, 6.45) is 4.39. The van der Waals surface area contributed by atoms with Gasteiger partial charge < -0.3 is 15.0 Å². The first-order valence-electron chi connectivity index (χ1n) is 11.0. The Labute approximate surface area is 183 Å². The maximum Gasteiger partial charge on any atom is 0.221 e. The fourth-order valence-corrected chi connectivity index (χ4v) is 3.93. The van der Waals surface area contributed by atoms with Gasteiger partial charge in [0, 0.05) is 49.1 Å². The molecule has 7 nitrogen and oxygen atoms in total. The van der Waals surface area contributed by atoms with E-state index in [9.17, 15) is 4.79 Å². The van der Waals surface area contributed by atoms with Gasteiger partial charge in [0.25, 0.3) is 0 Å². The Kier molecular flexibility index (Phi) is 6.21. The number of hydrogen-bond donors (Lipinski definition) is 1. The van der Waals surface area contributed by atoms with E-state index in [1.807, 2.05) is 42.9 Å². The van der Waals surface area contributed by atoms with Gasteiger partial charge in [0.2, 0.25) is 5.91 Å². The Bertz CT molecular complexity index is 1050. The van der Waals surface area contributed by atoms with Crippen LogP contribution in [0.25, 0.3) is 11.3 Å². The smallest absolute Gasteiger partial charge is 0.221 e. The molecule has 4 heterocycles. The van der Waals surface area contributed by atoms with E-state index in [4.69, 9.17) is 9.84 Å². The molecule has 0 saturated carbocycles. The number of hydrogen-bond acceptors (Lipinski definition) is 5. The van der Waals surface area contributed by atoms with Gasteiger partial charge in [0.05, 0.1) is 17.9 Å². The molecule has 0 aliphatic carbocycles. The second-order valence-corrected chi connectivity index (χ2v) is 7.57. The highest BCUT2D eigenvalue weighted by Crippen LogP contribution is 2.30. The van der Waals surface area contributed by atoms with E-state index in [0.717, 1.165) is 52.9 Å². The minimum atomic E-state index is -0.0968. The molecule has 1 fully saturated rings. The largest absolute Gasteiger partial charge is 0.487 e. The third kappa shape index (κ3) is 4.55. The van der Waals surface area contributed by atoms with E-state index < -0.39 is 0 Å². The van der Waals surface area contributed by atoms with Crippen molar-refractivity contribution in [2.75, 3.05) is 23.3 Å². The van der Waals surface area contributed by atoms with Gasteiger partial charge in [-0.2, -0.15) is 5.10 Å². The zero-order chi connectivity index (χ0) is 21.8. The van der Waals surface area contributed by atoms with Gasteiger partial charge in [-0.05, 0) is 37.1 Å². The lowest BCUT2D eigenvalue weighted by Gasteiger charge is -2.15. The zero-order valence-corrected chi connectivity index (χ0v) is 18.4. The highest BCUT2D eigenvalue weighted by molar-refractivity contribution is 5.88. The van der Waals surface area contributed by atoms with Crippen molar-refractivity contribution >= 4 is 17.4 Å². The maximum atomic E-state index is 11.3. The molecule has 1 amide bonds. The summed E-state index contributed by atoms with van der Waals surface area (Å²) in [5.74, 6) is 1.72. The molecule has 1 aromatic carbocycles. The van der Waals surface area contributed by atoms with Crippen LogP contribution in [0.15, 0.2) is 42.6 Å². The summed E-state index contributed by atoms with van der Waals surface area (Å²) in [5, 5.41) is 7.59. The Morgan fingerprint density at radius 2 is 1.90 bits per heavy atom. The van der Waals surface area contributed by atoms with Crippen molar-refractivity contribution < 1.29 is 9.53 Å². The average Bonchev–Trinajstić information content (AvgIpc) is 3.43. The lowest BCUT2D eigenvalue weighted by Crippen LogP contribution is -2.18. The van der Waals surface area contributed by atoms with E-state index in [2.05, 4.69) is 33.4 Å². The Balaban J connectivity index is 0.00000112. The minimum Gasteiger partial charge on any atom is -0.487 e. The summed E-state index contributed by atoms with van der Waals surface area (Å²) in [5.41, 5.74) is 4.70. The minimum absolute atomic E-state index is 0.0968. The Morgan fingerprint density at radius 1 is 1.10 bits per heavy atom. The van der Waals surface area contributed by atoms with Crippen LogP contribution >= 0.6 is 0 Å². The van der Waals surface area contributed by atoms with E-state index >= 15 is 0 Å². The van der Waals surface area contributed by atoms with Gasteiger partial charge in [0.15, 0.2) is 0 Å². The molecule has 2 aliphatic rings. The molecule has 7 heteroatoms. The quantitative estimate of drug-likeness (QED) is 0.678. The molecule has 2 aromatic heterocycles. The fraction of sp³-hybridized carbons (Fsp3) is 0.375. The highest BCUT2D eigenvalue weighted by atomic mass is 16.5. The molecular weight excluding hydrogens is 390 g/mol. The normalized spacial score (nSPS) is 14.5. The number of fused-ring (bicyclic) bond motifs is 2. The van der Waals surface area contributed by atoms with Crippen LogP contribution in [0.1, 0.15) is 44.9 Å². The summed E-state index contributed by atoms with van der Waals surface area (Å²) in [6.45, 7) is 8.74. The zero-order valence-electron chi connectivity index (χ0n) is 18.4. The van der Waals surface area contributed by atoms with E-state index in [-0.39, 0.29) is 5.91 Å². The summed E-state index contributed by atoms with van der Waals surface area (Å²) in [7, 11) is 0. The number of carbonyl (C=O) groups is 1. The number of anilines is 2. The molecule has 5 rings (SSSR count). The molecular formula is C24H29N5O2. The van der Waals surface area contributed by atoms with Crippen molar-refractivity contribution in [1.82, 2.24) is 14.8 Å². The molecule has 162 valence electrons. The Morgan fingerprint density at radius 3 is 2.61 bits per heavy atom. The number of ether oxygens (including phenoxy) is 1. The number of benzene rings is 1. The molecule has 0 bridgehead atoms. The lowest BCUT2D eigenvalue weighted by molar-refractivity contribution is -0.114. The molecule has 31 heavy (non-hydrogen) atoms. The molecule has 3 aromatic rings. The van der Waals surface area contributed by atoms with Crippen LogP contribution < -0.4 is 15.0 Å². The van der Waals surface area contributed by atoms with Crippen molar-refractivity contribution in [2.45, 2.75) is 46.8 Å². The number of amides is 1. The van der Waals surface area contributed by atoms with E-state index in [1.165, 1.54) is 19.8 Å². The second kappa shape index (κ2) is 9.20. The number of aromatic nitrogens is 3. The fourth-order valence-electron chi connectivity index (χ4n) is 3.93. The van der Waals surface area contributed by atoms with Gasteiger partial charge >= 0.3 is 0 Å². The molecule has 0 spiro atoms. The van der Waals surface area contributed by atoms with Crippen molar-refractivity contribution in [1.29, 1.82) is 0 Å². The summed E-state index contributed by atoms with van der Waals surface area (Å²) < 4.78 is 7.98. The molecule has 0 radical (unpaired) electrons. The van der Waals surface area contributed by atoms with E-state index in [0.29, 0.717) is 13.2 Å². The van der Waals surface area contributed by atoms with Gasteiger partial charge in [-0.3, -0.25) is 9.48 Å². The number of carbonyl (C=O) groups excluding carboxylic acids is 1. The molecule has 2 aliphatic heterocycles. The third-order valence-corrected chi connectivity index (χ3v) is 5.42. The number of nitrogens with zero attached hydrogens (tertiary/aromatic N) is 4.